The second-order valence-corrected chi connectivity index (χ2v) is 6.52. The highest BCUT2D eigenvalue weighted by atomic mass is 35.5. The lowest BCUT2D eigenvalue weighted by atomic mass is 9.94. The molecule has 1 N–H and O–H groups in total. The largest absolute Gasteiger partial charge is 0.481 e. The minimum absolute atomic E-state index is 0.0588. The standard InChI is InChI=1S/C19H20Cl2FNO2/c1-2-5-13(15-9-8-14(20)10-16(15)21)11-23-19(24)12-25-18-7-4-3-6-17(18)22/h3-4,6-10,13H,2,5,11-12H2,1H3,(H,23,24)/t13-/m1/s1. The summed E-state index contributed by atoms with van der Waals surface area (Å²) < 4.78 is 18.7. The van der Waals surface area contributed by atoms with Crippen LogP contribution in [0, 0.1) is 5.82 Å². The SMILES string of the molecule is CCC[C@H](CNC(=O)COc1ccccc1F)c1ccc(Cl)cc1Cl. The number of amides is 1. The fraction of sp³-hybridized carbons (Fsp3) is 0.316. The van der Waals surface area contributed by atoms with Crippen LogP contribution in [-0.2, 0) is 4.79 Å². The van der Waals surface area contributed by atoms with Crippen molar-refractivity contribution in [2.75, 3.05) is 13.2 Å². The molecular weight excluding hydrogens is 364 g/mol. The molecule has 0 aliphatic rings. The van der Waals surface area contributed by atoms with Gasteiger partial charge in [0.05, 0.1) is 0 Å². The summed E-state index contributed by atoms with van der Waals surface area (Å²) >= 11 is 12.2. The van der Waals surface area contributed by atoms with E-state index in [4.69, 9.17) is 27.9 Å². The monoisotopic (exact) mass is 383 g/mol. The van der Waals surface area contributed by atoms with Crippen molar-refractivity contribution in [2.24, 2.45) is 0 Å². The lowest BCUT2D eigenvalue weighted by Gasteiger charge is -2.19. The number of para-hydroxylation sites is 1. The Balaban J connectivity index is 1.92. The summed E-state index contributed by atoms with van der Waals surface area (Å²) in [5.41, 5.74) is 0.947. The second-order valence-electron chi connectivity index (χ2n) is 5.67. The van der Waals surface area contributed by atoms with Crippen molar-refractivity contribution in [3.8, 4) is 5.75 Å². The molecule has 1 amide bonds. The van der Waals surface area contributed by atoms with E-state index in [1.54, 1.807) is 24.3 Å². The van der Waals surface area contributed by atoms with Gasteiger partial charge in [0.1, 0.15) is 0 Å². The van der Waals surface area contributed by atoms with Crippen molar-refractivity contribution >= 4 is 29.1 Å². The number of carbonyl (C=O) groups is 1. The maximum Gasteiger partial charge on any atom is 0.257 e. The number of rotatable bonds is 8. The first kappa shape index (κ1) is 19.5. The van der Waals surface area contributed by atoms with Crippen LogP contribution in [0.5, 0.6) is 5.75 Å². The Morgan fingerprint density at radius 3 is 2.68 bits per heavy atom. The molecule has 2 rings (SSSR count). The number of hydrogen-bond donors (Lipinski definition) is 1. The average molecular weight is 384 g/mol. The topological polar surface area (TPSA) is 38.3 Å². The van der Waals surface area contributed by atoms with Gasteiger partial charge in [-0.15, -0.1) is 0 Å². The summed E-state index contributed by atoms with van der Waals surface area (Å²) in [6.07, 6.45) is 1.82. The first-order chi connectivity index (χ1) is 12.0. The van der Waals surface area contributed by atoms with Gasteiger partial charge in [0, 0.05) is 22.5 Å². The van der Waals surface area contributed by atoms with Crippen molar-refractivity contribution in [1.29, 1.82) is 0 Å². The zero-order valence-electron chi connectivity index (χ0n) is 13.9. The van der Waals surface area contributed by atoms with Crippen LogP contribution in [0.3, 0.4) is 0 Å². The van der Waals surface area contributed by atoms with E-state index in [0.29, 0.717) is 16.6 Å². The van der Waals surface area contributed by atoms with E-state index in [1.165, 1.54) is 12.1 Å². The van der Waals surface area contributed by atoms with Gasteiger partial charge in [0.2, 0.25) is 0 Å². The van der Waals surface area contributed by atoms with E-state index >= 15 is 0 Å². The highest BCUT2D eigenvalue weighted by Gasteiger charge is 2.16. The van der Waals surface area contributed by atoms with Crippen LogP contribution in [-0.4, -0.2) is 19.1 Å². The molecule has 1 atom stereocenters. The van der Waals surface area contributed by atoms with E-state index in [1.807, 2.05) is 6.07 Å². The summed E-state index contributed by atoms with van der Waals surface area (Å²) in [5.74, 6) is -0.669. The molecule has 25 heavy (non-hydrogen) atoms. The molecule has 134 valence electrons. The third-order valence-electron chi connectivity index (χ3n) is 3.78. The van der Waals surface area contributed by atoms with Crippen LogP contribution in [0.4, 0.5) is 4.39 Å². The third-order valence-corrected chi connectivity index (χ3v) is 4.34. The predicted molar refractivity (Wildman–Crippen MR) is 99.0 cm³/mol. The number of nitrogens with one attached hydrogen (secondary N) is 1. The molecule has 0 radical (unpaired) electrons. The van der Waals surface area contributed by atoms with Gasteiger partial charge in [-0.3, -0.25) is 4.79 Å². The maximum absolute atomic E-state index is 13.5. The molecule has 2 aromatic carbocycles. The second kappa shape index (κ2) is 9.64. The molecule has 0 heterocycles. The molecule has 0 saturated carbocycles. The van der Waals surface area contributed by atoms with Crippen LogP contribution in [0.1, 0.15) is 31.2 Å². The Morgan fingerprint density at radius 1 is 1.24 bits per heavy atom. The molecular formula is C19H20Cl2FNO2. The first-order valence-electron chi connectivity index (χ1n) is 8.10. The van der Waals surface area contributed by atoms with Gasteiger partial charge in [-0.1, -0.05) is 54.7 Å². The summed E-state index contributed by atoms with van der Waals surface area (Å²) in [5, 5.41) is 3.98. The highest BCUT2D eigenvalue weighted by molar-refractivity contribution is 6.35. The number of halogens is 3. The number of carbonyl (C=O) groups excluding carboxylic acids is 1. The fourth-order valence-electron chi connectivity index (χ4n) is 2.54. The Labute approximate surface area is 157 Å². The van der Waals surface area contributed by atoms with Crippen LogP contribution >= 0.6 is 23.2 Å². The summed E-state index contributed by atoms with van der Waals surface area (Å²) in [7, 11) is 0. The van der Waals surface area contributed by atoms with Gasteiger partial charge < -0.3 is 10.1 Å². The number of benzene rings is 2. The smallest absolute Gasteiger partial charge is 0.257 e. The zero-order valence-corrected chi connectivity index (χ0v) is 15.4. The Kier molecular flexibility index (Phi) is 7.53. The number of hydrogen-bond acceptors (Lipinski definition) is 2. The van der Waals surface area contributed by atoms with Crippen molar-refractivity contribution in [3.05, 3.63) is 63.9 Å². The van der Waals surface area contributed by atoms with Crippen molar-refractivity contribution in [1.82, 2.24) is 5.32 Å². The minimum Gasteiger partial charge on any atom is -0.481 e. The van der Waals surface area contributed by atoms with Gasteiger partial charge in [0.15, 0.2) is 18.2 Å². The molecule has 0 aromatic heterocycles. The normalized spacial score (nSPS) is 11.8. The molecule has 0 aliphatic carbocycles. The van der Waals surface area contributed by atoms with Gasteiger partial charge in [-0.25, -0.2) is 4.39 Å². The minimum atomic E-state index is -0.493. The van der Waals surface area contributed by atoms with Gasteiger partial charge in [0.25, 0.3) is 5.91 Å². The van der Waals surface area contributed by atoms with Crippen LogP contribution in [0.15, 0.2) is 42.5 Å². The van der Waals surface area contributed by atoms with Crippen LogP contribution in [0.2, 0.25) is 10.0 Å². The number of ether oxygens (including phenoxy) is 1. The van der Waals surface area contributed by atoms with Gasteiger partial charge in [-0.2, -0.15) is 0 Å². The maximum atomic E-state index is 13.5. The quantitative estimate of drug-likeness (QED) is 0.679. The van der Waals surface area contributed by atoms with E-state index in [-0.39, 0.29) is 24.2 Å². The van der Waals surface area contributed by atoms with Crippen molar-refractivity contribution < 1.29 is 13.9 Å². The first-order valence-corrected chi connectivity index (χ1v) is 8.85. The van der Waals surface area contributed by atoms with E-state index in [2.05, 4.69) is 12.2 Å². The summed E-state index contributed by atoms with van der Waals surface area (Å²) in [6.45, 7) is 2.25. The molecule has 0 bridgehead atoms. The fourth-order valence-corrected chi connectivity index (χ4v) is 3.10. The van der Waals surface area contributed by atoms with Crippen molar-refractivity contribution in [3.63, 3.8) is 0 Å². The van der Waals surface area contributed by atoms with Gasteiger partial charge >= 0.3 is 0 Å². The lowest BCUT2D eigenvalue weighted by Crippen LogP contribution is -2.32. The molecule has 0 fully saturated rings. The Morgan fingerprint density at radius 2 is 2.00 bits per heavy atom. The average Bonchev–Trinajstić information content (AvgIpc) is 2.58. The third kappa shape index (κ3) is 5.91. The van der Waals surface area contributed by atoms with E-state index < -0.39 is 5.82 Å². The van der Waals surface area contributed by atoms with Crippen molar-refractivity contribution in [2.45, 2.75) is 25.7 Å². The molecule has 0 spiro atoms. The molecule has 2 aromatic rings. The molecule has 0 aliphatic heterocycles. The van der Waals surface area contributed by atoms with Gasteiger partial charge in [-0.05, 0) is 36.2 Å². The zero-order chi connectivity index (χ0) is 18.2. The molecule has 0 saturated heterocycles. The molecule has 6 heteroatoms. The molecule has 0 unspecified atom stereocenters. The lowest BCUT2D eigenvalue weighted by molar-refractivity contribution is -0.123. The molecule has 3 nitrogen and oxygen atoms in total. The Bertz CT molecular complexity index is 724. The summed E-state index contributed by atoms with van der Waals surface area (Å²) in [4.78, 5) is 12.0. The van der Waals surface area contributed by atoms with E-state index in [9.17, 15) is 9.18 Å². The van der Waals surface area contributed by atoms with Crippen LogP contribution < -0.4 is 10.1 Å². The predicted octanol–water partition coefficient (Wildman–Crippen LogP) is 5.21. The summed E-state index contributed by atoms with van der Waals surface area (Å²) in [6, 6.07) is 11.3. The van der Waals surface area contributed by atoms with Crippen LogP contribution in [0.25, 0.3) is 0 Å². The van der Waals surface area contributed by atoms with E-state index in [0.717, 1.165) is 18.4 Å². The highest BCUT2D eigenvalue weighted by Crippen LogP contribution is 2.30. The Hall–Kier alpha value is -1.78.